The lowest BCUT2D eigenvalue weighted by molar-refractivity contribution is -0.118. The maximum atomic E-state index is 13.1. The zero-order valence-corrected chi connectivity index (χ0v) is 17.8. The maximum Gasteiger partial charge on any atom is 0.289 e. The van der Waals surface area contributed by atoms with Crippen LogP contribution < -0.4 is 10.6 Å². The van der Waals surface area contributed by atoms with Crippen molar-refractivity contribution in [1.82, 2.24) is 34.6 Å². The standard InChI is InChI=1S/C20H25N9O3/c1-27-11-13(9-22-27)16-24-17-15(19(26-16)28-4-6-32-7-5-28)23-18(25-17)20(31)29-3-2-12(10-29)8-14(21)30/h9,11-12H,2-8,10H2,1H3,(H2,21,30)(H,23,24,25,26)/t12-/m0/s1. The van der Waals surface area contributed by atoms with E-state index in [-0.39, 0.29) is 30.0 Å². The second kappa shape index (κ2) is 8.19. The van der Waals surface area contributed by atoms with Crippen LogP contribution in [0.1, 0.15) is 23.5 Å². The summed E-state index contributed by atoms with van der Waals surface area (Å²) in [5.41, 5.74) is 7.14. The zero-order chi connectivity index (χ0) is 22.2. The zero-order valence-electron chi connectivity index (χ0n) is 17.8. The number of anilines is 1. The number of likely N-dealkylation sites (tertiary alicyclic amines) is 1. The van der Waals surface area contributed by atoms with Gasteiger partial charge in [-0.2, -0.15) is 5.10 Å². The first kappa shape index (κ1) is 20.4. The third kappa shape index (κ3) is 3.88. The predicted octanol–water partition coefficient (Wildman–Crippen LogP) is -0.0725. The van der Waals surface area contributed by atoms with Crippen LogP contribution >= 0.6 is 0 Å². The highest BCUT2D eigenvalue weighted by Crippen LogP contribution is 2.28. The van der Waals surface area contributed by atoms with Crippen molar-refractivity contribution in [3.05, 3.63) is 18.2 Å². The lowest BCUT2D eigenvalue weighted by Crippen LogP contribution is -2.37. The summed E-state index contributed by atoms with van der Waals surface area (Å²) in [6, 6.07) is 0. The topological polar surface area (TPSA) is 148 Å². The molecule has 5 rings (SSSR count). The summed E-state index contributed by atoms with van der Waals surface area (Å²) >= 11 is 0. The summed E-state index contributed by atoms with van der Waals surface area (Å²) in [6.45, 7) is 3.60. The molecule has 3 aromatic heterocycles. The van der Waals surface area contributed by atoms with Gasteiger partial charge in [0.1, 0.15) is 0 Å². The number of ether oxygens (including phenoxy) is 1. The Bertz CT molecular complexity index is 1160. The summed E-state index contributed by atoms with van der Waals surface area (Å²) in [5.74, 6) is 0.915. The van der Waals surface area contributed by atoms with Gasteiger partial charge in [-0.1, -0.05) is 0 Å². The van der Waals surface area contributed by atoms with E-state index in [2.05, 4.69) is 25.0 Å². The summed E-state index contributed by atoms with van der Waals surface area (Å²) in [4.78, 5) is 45.2. The van der Waals surface area contributed by atoms with Crippen molar-refractivity contribution in [2.45, 2.75) is 12.8 Å². The van der Waals surface area contributed by atoms with Crippen LogP contribution in [0.5, 0.6) is 0 Å². The van der Waals surface area contributed by atoms with Gasteiger partial charge in [0.25, 0.3) is 5.91 Å². The van der Waals surface area contributed by atoms with Crippen LogP contribution in [-0.4, -0.2) is 85.8 Å². The molecule has 2 saturated heterocycles. The molecule has 32 heavy (non-hydrogen) atoms. The first-order valence-corrected chi connectivity index (χ1v) is 10.6. The van der Waals surface area contributed by atoms with Crippen molar-refractivity contribution in [2.24, 2.45) is 18.7 Å². The number of morpholine rings is 1. The van der Waals surface area contributed by atoms with E-state index in [0.717, 1.165) is 12.0 Å². The second-order valence-electron chi connectivity index (χ2n) is 8.23. The molecule has 3 aromatic rings. The number of aryl methyl sites for hydroxylation is 1. The van der Waals surface area contributed by atoms with Crippen molar-refractivity contribution < 1.29 is 14.3 Å². The van der Waals surface area contributed by atoms with Crippen molar-refractivity contribution in [1.29, 1.82) is 0 Å². The molecule has 168 valence electrons. The number of carbonyl (C=O) groups excluding carboxylic acids is 2. The number of amides is 2. The fraction of sp³-hybridized carbons (Fsp3) is 0.500. The van der Waals surface area contributed by atoms with E-state index in [4.69, 9.17) is 15.5 Å². The number of hydrogen-bond donors (Lipinski definition) is 2. The van der Waals surface area contributed by atoms with E-state index in [0.29, 0.717) is 62.2 Å². The molecule has 5 heterocycles. The van der Waals surface area contributed by atoms with E-state index >= 15 is 0 Å². The third-order valence-corrected chi connectivity index (χ3v) is 5.87. The molecule has 0 aromatic carbocycles. The minimum atomic E-state index is -0.346. The number of rotatable bonds is 5. The predicted molar refractivity (Wildman–Crippen MR) is 115 cm³/mol. The molecule has 2 fully saturated rings. The molecule has 3 N–H and O–H groups in total. The van der Waals surface area contributed by atoms with Gasteiger partial charge in [0, 0.05) is 45.8 Å². The van der Waals surface area contributed by atoms with E-state index in [1.165, 1.54) is 0 Å². The molecule has 0 saturated carbocycles. The van der Waals surface area contributed by atoms with E-state index in [9.17, 15) is 9.59 Å². The lowest BCUT2D eigenvalue weighted by atomic mass is 10.1. The molecule has 12 heteroatoms. The largest absolute Gasteiger partial charge is 0.378 e. The van der Waals surface area contributed by atoms with Crippen LogP contribution in [0.25, 0.3) is 22.6 Å². The highest BCUT2D eigenvalue weighted by molar-refractivity contribution is 5.96. The van der Waals surface area contributed by atoms with E-state index in [1.807, 2.05) is 13.2 Å². The second-order valence-corrected chi connectivity index (χ2v) is 8.23. The Hall–Kier alpha value is -3.54. The molecular weight excluding hydrogens is 414 g/mol. The molecule has 0 radical (unpaired) electrons. The molecule has 2 aliphatic rings. The number of primary amides is 1. The van der Waals surface area contributed by atoms with Gasteiger partial charge in [-0.25, -0.2) is 15.0 Å². The van der Waals surface area contributed by atoms with Gasteiger partial charge in [-0.15, -0.1) is 0 Å². The smallest absolute Gasteiger partial charge is 0.289 e. The van der Waals surface area contributed by atoms with Gasteiger partial charge in [-0.05, 0) is 12.3 Å². The number of nitrogens with zero attached hydrogens (tertiary/aromatic N) is 7. The van der Waals surface area contributed by atoms with Crippen molar-refractivity contribution in [3.63, 3.8) is 0 Å². The molecule has 2 amide bonds. The van der Waals surface area contributed by atoms with Gasteiger partial charge >= 0.3 is 0 Å². The van der Waals surface area contributed by atoms with Crippen LogP contribution in [-0.2, 0) is 16.6 Å². The van der Waals surface area contributed by atoms with E-state index in [1.54, 1.807) is 15.8 Å². The van der Waals surface area contributed by atoms with Gasteiger partial charge in [-0.3, -0.25) is 14.3 Å². The number of H-pyrrole nitrogens is 1. The van der Waals surface area contributed by atoms with Crippen molar-refractivity contribution in [2.75, 3.05) is 44.3 Å². The summed E-state index contributed by atoms with van der Waals surface area (Å²) in [5, 5.41) is 4.21. The molecular formula is C20H25N9O3. The van der Waals surface area contributed by atoms with Gasteiger partial charge in [0.05, 0.1) is 25.0 Å². The van der Waals surface area contributed by atoms with Crippen LogP contribution in [0.15, 0.2) is 12.4 Å². The van der Waals surface area contributed by atoms with Crippen LogP contribution in [0, 0.1) is 5.92 Å². The Balaban J connectivity index is 1.50. The molecule has 0 aliphatic carbocycles. The number of hydrogen-bond acceptors (Lipinski definition) is 8. The van der Waals surface area contributed by atoms with Gasteiger partial charge in [0.2, 0.25) is 5.91 Å². The average Bonchev–Trinajstić information content (AvgIpc) is 3.52. The summed E-state index contributed by atoms with van der Waals surface area (Å²) < 4.78 is 7.17. The lowest BCUT2D eigenvalue weighted by Gasteiger charge is -2.28. The number of nitrogens with one attached hydrogen (secondary N) is 1. The molecule has 2 aliphatic heterocycles. The Kier molecular flexibility index (Phi) is 5.21. The quantitative estimate of drug-likeness (QED) is 0.561. The Morgan fingerprint density at radius 1 is 1.22 bits per heavy atom. The molecule has 0 spiro atoms. The highest BCUT2D eigenvalue weighted by Gasteiger charge is 2.30. The van der Waals surface area contributed by atoms with Crippen LogP contribution in [0.3, 0.4) is 0 Å². The fourth-order valence-electron chi connectivity index (χ4n) is 4.27. The number of aromatic amines is 1. The minimum Gasteiger partial charge on any atom is -0.378 e. The monoisotopic (exact) mass is 439 g/mol. The number of nitrogens with two attached hydrogens (primary N) is 1. The van der Waals surface area contributed by atoms with Crippen LogP contribution in [0.4, 0.5) is 5.82 Å². The number of aromatic nitrogens is 6. The van der Waals surface area contributed by atoms with Gasteiger partial charge in [0.15, 0.2) is 28.6 Å². The number of carbonyl (C=O) groups is 2. The summed E-state index contributed by atoms with van der Waals surface area (Å²) in [6.07, 6.45) is 4.58. The Morgan fingerprint density at radius 2 is 2.03 bits per heavy atom. The Morgan fingerprint density at radius 3 is 2.75 bits per heavy atom. The minimum absolute atomic E-state index is 0.0849. The first-order valence-electron chi connectivity index (χ1n) is 10.6. The number of imidazole rings is 1. The molecule has 12 nitrogen and oxygen atoms in total. The fourth-order valence-corrected chi connectivity index (χ4v) is 4.27. The van der Waals surface area contributed by atoms with E-state index < -0.39 is 0 Å². The van der Waals surface area contributed by atoms with Crippen molar-refractivity contribution >= 4 is 28.8 Å². The molecule has 0 bridgehead atoms. The maximum absolute atomic E-state index is 13.1. The Labute approximate surface area is 183 Å². The molecule has 1 atom stereocenters. The third-order valence-electron chi connectivity index (χ3n) is 5.87. The molecule has 0 unspecified atom stereocenters. The number of fused-ring (bicyclic) bond motifs is 1. The summed E-state index contributed by atoms with van der Waals surface area (Å²) in [7, 11) is 1.83. The first-order chi connectivity index (χ1) is 15.5. The normalized spacial score (nSPS) is 19.1. The van der Waals surface area contributed by atoms with Gasteiger partial charge < -0.3 is 25.3 Å². The average molecular weight is 439 g/mol. The van der Waals surface area contributed by atoms with Crippen molar-refractivity contribution in [3.8, 4) is 11.4 Å². The SMILES string of the molecule is Cn1cc(-c2nc(N3CCOCC3)c3nc(C(=O)N4CC[C@@H](CC(N)=O)C4)[nH]c3n2)cn1. The highest BCUT2D eigenvalue weighted by atomic mass is 16.5. The van der Waals surface area contributed by atoms with Crippen LogP contribution in [0.2, 0.25) is 0 Å².